The van der Waals surface area contributed by atoms with Crippen molar-refractivity contribution in [2.75, 3.05) is 0 Å². The Kier molecular flexibility index (Phi) is 6.49. The van der Waals surface area contributed by atoms with Gasteiger partial charge in [-0.2, -0.15) is 0 Å². The molecular formula is C13H19N. The smallest absolute Gasteiger partial charge is 0.115 e. The fourth-order valence-corrected chi connectivity index (χ4v) is 0.996. The van der Waals surface area contributed by atoms with Gasteiger partial charge in [0.1, 0.15) is 5.70 Å². The lowest BCUT2D eigenvalue weighted by Crippen LogP contribution is -1.94. The summed E-state index contributed by atoms with van der Waals surface area (Å²) in [5.41, 5.74) is 3.07. The van der Waals surface area contributed by atoms with Gasteiger partial charge in [-0.3, -0.25) is 0 Å². The van der Waals surface area contributed by atoms with Crippen LogP contribution in [-0.4, -0.2) is 5.71 Å². The Morgan fingerprint density at radius 3 is 2.29 bits per heavy atom. The maximum atomic E-state index is 4.52. The van der Waals surface area contributed by atoms with E-state index in [1.165, 1.54) is 5.71 Å². The summed E-state index contributed by atoms with van der Waals surface area (Å²) in [7, 11) is 0. The predicted octanol–water partition coefficient (Wildman–Crippen LogP) is 3.73. The van der Waals surface area contributed by atoms with Crippen molar-refractivity contribution in [3.8, 4) is 11.8 Å². The maximum Gasteiger partial charge on any atom is 0.115 e. The molecule has 0 aliphatic carbocycles. The van der Waals surface area contributed by atoms with Gasteiger partial charge in [0.25, 0.3) is 0 Å². The molecule has 14 heavy (non-hydrogen) atoms. The molecule has 0 rings (SSSR count). The van der Waals surface area contributed by atoms with Crippen LogP contribution in [0.2, 0.25) is 0 Å². The highest BCUT2D eigenvalue weighted by atomic mass is 14.8. The van der Waals surface area contributed by atoms with E-state index in [1.54, 1.807) is 6.08 Å². The molecule has 0 bridgehead atoms. The van der Waals surface area contributed by atoms with Crippen LogP contribution in [0.4, 0.5) is 0 Å². The van der Waals surface area contributed by atoms with Crippen LogP contribution in [0.1, 0.15) is 40.5 Å². The van der Waals surface area contributed by atoms with Gasteiger partial charge in [0.2, 0.25) is 0 Å². The zero-order chi connectivity index (χ0) is 11.0. The summed E-state index contributed by atoms with van der Waals surface area (Å²) >= 11 is 0. The molecule has 0 atom stereocenters. The van der Waals surface area contributed by atoms with E-state index in [-0.39, 0.29) is 0 Å². The molecule has 0 spiro atoms. The zero-order valence-corrected chi connectivity index (χ0v) is 9.65. The lowest BCUT2D eigenvalue weighted by atomic mass is 10.2. The third kappa shape index (κ3) is 4.09. The monoisotopic (exact) mass is 189 g/mol. The number of aliphatic imine (C=N–C) groups is 1. The summed E-state index contributed by atoms with van der Waals surface area (Å²) in [6.07, 6.45) is 3.76. The minimum absolute atomic E-state index is 0.848. The normalized spacial score (nSPS) is 10.9. The minimum Gasteiger partial charge on any atom is -0.248 e. The molecular weight excluding hydrogens is 170 g/mol. The van der Waals surface area contributed by atoms with Crippen LogP contribution < -0.4 is 0 Å². The van der Waals surface area contributed by atoms with E-state index in [1.807, 2.05) is 13.8 Å². The van der Waals surface area contributed by atoms with Crippen LogP contribution in [0.3, 0.4) is 0 Å². The maximum absolute atomic E-state index is 4.52. The Morgan fingerprint density at radius 1 is 1.36 bits per heavy atom. The second kappa shape index (κ2) is 7.15. The molecule has 0 N–H and O–H groups in total. The highest BCUT2D eigenvalue weighted by molar-refractivity contribution is 5.85. The lowest BCUT2D eigenvalue weighted by Gasteiger charge is -2.01. The van der Waals surface area contributed by atoms with Crippen LogP contribution in [-0.2, 0) is 0 Å². The molecule has 0 heterocycles. The average Bonchev–Trinajstić information content (AvgIpc) is 2.23. The number of allylic oxidation sites excluding steroid dienone is 3. The Bertz CT molecular complexity index is 302. The molecule has 0 saturated carbocycles. The van der Waals surface area contributed by atoms with Crippen molar-refractivity contribution in [1.29, 1.82) is 0 Å². The fourth-order valence-electron chi connectivity index (χ4n) is 0.996. The number of nitrogens with zero attached hydrogens (tertiary/aromatic N) is 1. The van der Waals surface area contributed by atoms with Crippen LogP contribution in [0.5, 0.6) is 0 Å². The molecule has 0 aliphatic rings. The first-order valence-corrected chi connectivity index (χ1v) is 5.02. The zero-order valence-electron chi connectivity index (χ0n) is 9.65. The van der Waals surface area contributed by atoms with Crippen LogP contribution in [0.25, 0.3) is 0 Å². The molecule has 76 valence electrons. The van der Waals surface area contributed by atoms with Crippen LogP contribution in [0, 0.1) is 11.8 Å². The van der Waals surface area contributed by atoms with E-state index >= 15 is 0 Å². The summed E-state index contributed by atoms with van der Waals surface area (Å²) in [6, 6.07) is 0. The van der Waals surface area contributed by atoms with Gasteiger partial charge in [-0.1, -0.05) is 32.4 Å². The van der Waals surface area contributed by atoms with E-state index in [9.17, 15) is 0 Å². The van der Waals surface area contributed by atoms with Gasteiger partial charge in [0, 0.05) is 5.71 Å². The van der Waals surface area contributed by atoms with Crippen LogP contribution >= 0.6 is 0 Å². The SMILES string of the molecule is C=C/C(C)=C(\C#CC)N=C(CC)CC. The van der Waals surface area contributed by atoms with E-state index in [4.69, 9.17) is 0 Å². The second-order valence-corrected chi connectivity index (χ2v) is 3.00. The highest BCUT2D eigenvalue weighted by Gasteiger charge is 1.97. The third-order valence-electron chi connectivity index (χ3n) is 2.01. The Balaban J connectivity index is 5.11. The Hall–Kier alpha value is -1.29. The van der Waals surface area contributed by atoms with Gasteiger partial charge in [0.05, 0.1) is 0 Å². The highest BCUT2D eigenvalue weighted by Crippen LogP contribution is 2.08. The summed E-state index contributed by atoms with van der Waals surface area (Å²) < 4.78 is 0. The van der Waals surface area contributed by atoms with E-state index < -0.39 is 0 Å². The Morgan fingerprint density at radius 2 is 1.93 bits per heavy atom. The number of hydrogen-bond acceptors (Lipinski definition) is 1. The lowest BCUT2D eigenvalue weighted by molar-refractivity contribution is 1.13. The first-order chi connectivity index (χ1) is 6.69. The minimum atomic E-state index is 0.848. The molecule has 0 radical (unpaired) electrons. The summed E-state index contributed by atoms with van der Waals surface area (Å²) in [4.78, 5) is 4.52. The molecule has 0 aromatic carbocycles. The van der Waals surface area contributed by atoms with Gasteiger partial charge in [0.15, 0.2) is 0 Å². The van der Waals surface area contributed by atoms with Gasteiger partial charge >= 0.3 is 0 Å². The van der Waals surface area contributed by atoms with Crippen molar-refractivity contribution >= 4 is 5.71 Å². The van der Waals surface area contributed by atoms with Crippen LogP contribution in [0.15, 0.2) is 28.9 Å². The van der Waals surface area contributed by atoms with Gasteiger partial charge in [-0.15, -0.1) is 0 Å². The third-order valence-corrected chi connectivity index (χ3v) is 2.01. The topological polar surface area (TPSA) is 12.4 Å². The number of hydrogen-bond donors (Lipinski definition) is 0. The summed E-state index contributed by atoms with van der Waals surface area (Å²) in [6.45, 7) is 11.8. The molecule has 0 aromatic rings. The van der Waals surface area contributed by atoms with E-state index in [2.05, 4.69) is 37.3 Å². The van der Waals surface area contributed by atoms with E-state index in [0.717, 1.165) is 24.1 Å². The first kappa shape index (κ1) is 12.7. The standard InChI is InChI=1S/C13H19N/c1-6-10-13(11(5)7-2)14-12(8-3)9-4/h7H,2,8-9H2,1,3-5H3/b13-11+. The van der Waals surface area contributed by atoms with Crippen molar-refractivity contribution in [1.82, 2.24) is 0 Å². The quantitative estimate of drug-likeness (QED) is 0.363. The molecule has 0 unspecified atom stereocenters. The van der Waals surface area contributed by atoms with E-state index in [0.29, 0.717) is 0 Å². The fraction of sp³-hybridized carbons (Fsp3) is 0.462. The predicted molar refractivity (Wildman–Crippen MR) is 64.4 cm³/mol. The van der Waals surface area contributed by atoms with Crippen molar-refractivity contribution in [3.05, 3.63) is 23.9 Å². The molecule has 0 saturated heterocycles. The van der Waals surface area contributed by atoms with Crippen molar-refractivity contribution in [2.24, 2.45) is 4.99 Å². The first-order valence-electron chi connectivity index (χ1n) is 5.02. The van der Waals surface area contributed by atoms with Crippen molar-refractivity contribution in [2.45, 2.75) is 40.5 Å². The molecule has 1 nitrogen and oxygen atoms in total. The second-order valence-electron chi connectivity index (χ2n) is 3.00. The largest absolute Gasteiger partial charge is 0.248 e. The van der Waals surface area contributed by atoms with Gasteiger partial charge in [-0.25, -0.2) is 4.99 Å². The molecule has 0 fully saturated rings. The molecule has 1 heteroatoms. The van der Waals surface area contributed by atoms with Crippen molar-refractivity contribution < 1.29 is 0 Å². The van der Waals surface area contributed by atoms with Gasteiger partial charge in [-0.05, 0) is 38.2 Å². The van der Waals surface area contributed by atoms with Gasteiger partial charge < -0.3 is 0 Å². The Labute approximate surface area is 87.6 Å². The average molecular weight is 189 g/mol. The molecule has 0 amide bonds. The summed E-state index contributed by atoms with van der Waals surface area (Å²) in [5, 5.41) is 0. The molecule has 0 aliphatic heterocycles. The molecule has 0 aromatic heterocycles. The number of rotatable bonds is 4. The van der Waals surface area contributed by atoms with Crippen molar-refractivity contribution in [3.63, 3.8) is 0 Å². The summed E-state index contributed by atoms with van der Waals surface area (Å²) in [5.74, 6) is 5.88.